The number of benzene rings is 2. The van der Waals surface area contributed by atoms with Crippen LogP contribution >= 0.6 is 0 Å². The first-order chi connectivity index (χ1) is 16.1. The fourth-order valence-corrected chi connectivity index (χ4v) is 4.09. The molecule has 0 aromatic heterocycles. The summed E-state index contributed by atoms with van der Waals surface area (Å²) in [6.45, 7) is 17.6. The molecule has 2 aromatic rings. The number of ketones is 1. The predicted octanol–water partition coefficient (Wildman–Crippen LogP) is 8.11. The van der Waals surface area contributed by atoms with Crippen LogP contribution in [0.15, 0.2) is 60.4 Å². The molecular weight excluding hydrogens is 418 g/mol. The molecule has 0 fully saturated rings. The van der Waals surface area contributed by atoms with Gasteiger partial charge in [0.05, 0.1) is 12.9 Å². The Hall–Kier alpha value is -2.81. The second kappa shape index (κ2) is 13.8. The lowest BCUT2D eigenvalue weighted by molar-refractivity contribution is -0.112. The molecule has 3 nitrogen and oxygen atoms in total. The van der Waals surface area contributed by atoms with Crippen molar-refractivity contribution in [1.82, 2.24) is 4.90 Å². The van der Waals surface area contributed by atoms with Crippen LogP contribution < -0.4 is 0 Å². The number of carbonyl (C=O) groups is 1. The van der Waals surface area contributed by atoms with Crippen molar-refractivity contribution in [3.8, 4) is 0 Å². The summed E-state index contributed by atoms with van der Waals surface area (Å²) >= 11 is 0. The van der Waals surface area contributed by atoms with Crippen LogP contribution in [0.2, 0.25) is 0 Å². The van der Waals surface area contributed by atoms with Crippen molar-refractivity contribution in [2.24, 2.45) is 5.92 Å². The smallest absolute Gasteiger partial charge is 0.155 e. The van der Waals surface area contributed by atoms with Gasteiger partial charge in [0.1, 0.15) is 0 Å². The minimum absolute atomic E-state index is 0.0179. The van der Waals surface area contributed by atoms with Crippen LogP contribution in [0.1, 0.15) is 84.1 Å². The summed E-state index contributed by atoms with van der Waals surface area (Å²) in [6, 6.07) is 17.7. The molecule has 0 N–H and O–H groups in total. The molecule has 1 aliphatic heterocycles. The van der Waals surface area contributed by atoms with Gasteiger partial charge in [-0.1, -0.05) is 96.5 Å². The van der Waals surface area contributed by atoms with Crippen molar-refractivity contribution in [3.63, 3.8) is 0 Å². The number of hydrogen-bond donors (Lipinski definition) is 0. The van der Waals surface area contributed by atoms with E-state index in [1.54, 1.807) is 6.92 Å². The van der Waals surface area contributed by atoms with Crippen LogP contribution in [0.3, 0.4) is 0 Å². The summed E-state index contributed by atoms with van der Waals surface area (Å²) < 4.78 is 4.70. The Balaban J connectivity index is 0.000000493. The van der Waals surface area contributed by atoms with E-state index in [0.29, 0.717) is 11.7 Å². The van der Waals surface area contributed by atoms with Crippen molar-refractivity contribution in [2.75, 3.05) is 14.2 Å². The second-order valence-electron chi connectivity index (χ2n) is 9.23. The largest absolute Gasteiger partial charge is 0.501 e. The highest BCUT2D eigenvalue weighted by molar-refractivity contribution is 5.87. The normalized spacial score (nSPS) is 13.9. The number of allylic oxidation sites excluding steroid dienone is 2. The van der Waals surface area contributed by atoms with E-state index in [2.05, 4.69) is 94.2 Å². The zero-order valence-electron chi connectivity index (χ0n) is 23.0. The van der Waals surface area contributed by atoms with E-state index in [-0.39, 0.29) is 11.2 Å². The first-order valence-corrected chi connectivity index (χ1v) is 12.4. The maximum atomic E-state index is 10.3. The van der Waals surface area contributed by atoms with E-state index < -0.39 is 0 Å². The van der Waals surface area contributed by atoms with Gasteiger partial charge in [-0.15, -0.1) is 0 Å². The molecule has 0 amide bonds. The van der Waals surface area contributed by atoms with Crippen molar-refractivity contribution in [3.05, 3.63) is 82.6 Å². The number of rotatable bonds is 6. The topological polar surface area (TPSA) is 29.5 Å². The number of nitrogens with zero attached hydrogens (tertiary/aromatic N) is 1. The molecule has 1 aliphatic rings. The maximum absolute atomic E-state index is 10.3. The zero-order chi connectivity index (χ0) is 25.9. The summed E-state index contributed by atoms with van der Waals surface area (Å²) in [6.07, 6.45) is 4.99. The third kappa shape index (κ3) is 7.62. The van der Waals surface area contributed by atoms with Gasteiger partial charge in [-0.2, -0.15) is 0 Å². The number of hydrogen-bond acceptors (Lipinski definition) is 3. The van der Waals surface area contributed by atoms with Crippen LogP contribution in [0.4, 0.5) is 0 Å². The fraction of sp³-hybridized carbons (Fsp3) is 0.452. The molecule has 186 valence electrons. The molecule has 0 bridgehead atoms. The first-order valence-electron chi connectivity index (χ1n) is 12.4. The summed E-state index contributed by atoms with van der Waals surface area (Å²) in [4.78, 5) is 12.6. The third-order valence-corrected chi connectivity index (χ3v) is 6.64. The highest BCUT2D eigenvalue weighted by atomic mass is 16.5. The van der Waals surface area contributed by atoms with E-state index in [1.807, 2.05) is 13.8 Å². The average molecular weight is 464 g/mol. The SMILES string of the molecule is CC.CC[C@@H](C)C(C)(C)c1ccccc1C1=Cc2ccccc2CN1C.CO/C(C)=C\C(C)=O. The van der Waals surface area contributed by atoms with Gasteiger partial charge < -0.3 is 9.64 Å². The molecule has 0 aliphatic carbocycles. The monoisotopic (exact) mass is 463 g/mol. The Kier molecular flexibility index (Phi) is 11.9. The van der Waals surface area contributed by atoms with Crippen LogP contribution in [0.25, 0.3) is 11.8 Å². The number of fused-ring (bicyclic) bond motifs is 1. The van der Waals surface area contributed by atoms with Crippen LogP contribution in [0.5, 0.6) is 0 Å². The minimum atomic E-state index is 0.0179. The van der Waals surface area contributed by atoms with Gasteiger partial charge in [-0.25, -0.2) is 0 Å². The first kappa shape index (κ1) is 29.2. The van der Waals surface area contributed by atoms with Gasteiger partial charge in [0, 0.05) is 30.9 Å². The summed E-state index contributed by atoms with van der Waals surface area (Å²) in [5.74, 6) is 1.31. The van der Waals surface area contributed by atoms with Crippen molar-refractivity contribution >= 4 is 17.6 Å². The Morgan fingerprint density at radius 3 is 2.24 bits per heavy atom. The van der Waals surface area contributed by atoms with E-state index in [4.69, 9.17) is 4.74 Å². The van der Waals surface area contributed by atoms with Gasteiger partial charge in [-0.3, -0.25) is 4.79 Å². The maximum Gasteiger partial charge on any atom is 0.155 e. The Labute approximate surface area is 208 Å². The van der Waals surface area contributed by atoms with E-state index in [1.165, 1.54) is 54.5 Å². The molecule has 34 heavy (non-hydrogen) atoms. The van der Waals surface area contributed by atoms with Crippen LogP contribution in [-0.2, 0) is 21.5 Å². The number of ether oxygens (including phenoxy) is 1. The number of methoxy groups -OCH3 is 1. The van der Waals surface area contributed by atoms with Crippen LogP contribution in [0, 0.1) is 5.92 Å². The van der Waals surface area contributed by atoms with Crippen molar-refractivity contribution < 1.29 is 9.53 Å². The molecule has 0 spiro atoms. The van der Waals surface area contributed by atoms with Gasteiger partial charge in [0.15, 0.2) is 5.78 Å². The highest BCUT2D eigenvalue weighted by Gasteiger charge is 2.30. The van der Waals surface area contributed by atoms with Gasteiger partial charge >= 0.3 is 0 Å². The van der Waals surface area contributed by atoms with Crippen molar-refractivity contribution in [1.29, 1.82) is 0 Å². The lowest BCUT2D eigenvalue weighted by Crippen LogP contribution is -2.29. The molecule has 3 rings (SSSR count). The summed E-state index contributed by atoms with van der Waals surface area (Å²) in [5.41, 5.74) is 7.07. The summed E-state index contributed by atoms with van der Waals surface area (Å²) in [7, 11) is 3.74. The van der Waals surface area contributed by atoms with E-state index in [9.17, 15) is 4.79 Å². The lowest BCUT2D eigenvalue weighted by Gasteiger charge is -2.36. The molecule has 2 aromatic carbocycles. The molecule has 3 heteroatoms. The molecular formula is C31H45NO2. The molecule has 1 atom stereocenters. The molecule has 0 saturated carbocycles. The van der Waals surface area contributed by atoms with Crippen molar-refractivity contribution in [2.45, 2.75) is 73.8 Å². The van der Waals surface area contributed by atoms with Gasteiger partial charge in [-0.05, 0) is 47.9 Å². The Morgan fingerprint density at radius 2 is 1.68 bits per heavy atom. The third-order valence-electron chi connectivity index (χ3n) is 6.64. The fourth-order valence-electron chi connectivity index (χ4n) is 4.09. The number of carbonyl (C=O) groups excluding carboxylic acids is 1. The average Bonchev–Trinajstić information content (AvgIpc) is 2.84. The zero-order valence-corrected chi connectivity index (χ0v) is 23.0. The lowest BCUT2D eigenvalue weighted by atomic mass is 9.71. The van der Waals surface area contributed by atoms with E-state index >= 15 is 0 Å². The Bertz CT molecular complexity index is 984. The van der Waals surface area contributed by atoms with E-state index in [0.717, 1.165) is 6.54 Å². The molecule has 0 unspecified atom stereocenters. The molecule has 1 heterocycles. The quantitative estimate of drug-likeness (QED) is 0.320. The predicted molar refractivity (Wildman–Crippen MR) is 147 cm³/mol. The van der Waals surface area contributed by atoms with Gasteiger partial charge in [0.25, 0.3) is 0 Å². The summed E-state index contributed by atoms with van der Waals surface area (Å²) in [5, 5.41) is 0. The second-order valence-corrected chi connectivity index (χ2v) is 9.23. The minimum Gasteiger partial charge on any atom is -0.501 e. The Morgan fingerprint density at radius 1 is 1.09 bits per heavy atom. The molecule has 0 saturated heterocycles. The van der Waals surface area contributed by atoms with Crippen LogP contribution in [-0.4, -0.2) is 24.8 Å². The molecule has 0 radical (unpaired) electrons. The standard InChI is InChI=1S/C23H29N.C6H10O2.C2H6/c1-6-17(2)23(3,4)21-14-10-9-13-20(21)22-15-18-11-7-8-12-19(18)16-24(22)5;1-5(7)4-6(2)8-3;1-2/h7-15,17H,6,16H2,1-5H3;4H,1-3H3;1-2H3/b;6-4-;/t17-;;/m1../s1. The van der Waals surface area contributed by atoms with Gasteiger partial charge in [0.2, 0.25) is 0 Å². The highest BCUT2D eigenvalue weighted by Crippen LogP contribution is 2.40.